The van der Waals surface area contributed by atoms with E-state index in [1.165, 1.54) is 5.56 Å². The van der Waals surface area contributed by atoms with Crippen molar-refractivity contribution < 1.29 is 9.59 Å². The van der Waals surface area contributed by atoms with Gasteiger partial charge in [-0.05, 0) is 54.8 Å². The Morgan fingerprint density at radius 3 is 2.17 bits per heavy atom. The summed E-state index contributed by atoms with van der Waals surface area (Å²) in [5, 5.41) is 8.69. The Morgan fingerprint density at radius 2 is 1.53 bits per heavy atom. The predicted molar refractivity (Wildman–Crippen MR) is 120 cm³/mol. The molecule has 160 valence electrons. The highest BCUT2D eigenvalue weighted by Crippen LogP contribution is 2.30. The fourth-order valence-electron chi connectivity index (χ4n) is 3.24. The van der Waals surface area contributed by atoms with Crippen molar-refractivity contribution in [1.82, 2.24) is 15.5 Å². The summed E-state index contributed by atoms with van der Waals surface area (Å²) < 4.78 is 0. The summed E-state index contributed by atoms with van der Waals surface area (Å²) in [6.45, 7) is 8.24. The van der Waals surface area contributed by atoms with E-state index < -0.39 is 0 Å². The van der Waals surface area contributed by atoms with Gasteiger partial charge in [0, 0.05) is 31.2 Å². The molecule has 1 aliphatic rings. The highest BCUT2D eigenvalue weighted by molar-refractivity contribution is 5.94. The number of anilines is 1. The summed E-state index contributed by atoms with van der Waals surface area (Å²) in [5.41, 5.74) is 4.06. The van der Waals surface area contributed by atoms with Gasteiger partial charge in [-0.15, -0.1) is 0 Å². The number of carbonyl (C=O) groups is 2. The van der Waals surface area contributed by atoms with Gasteiger partial charge in [-0.3, -0.25) is 9.69 Å². The molecule has 0 saturated heterocycles. The number of nitrogens with zero attached hydrogens (tertiary/aromatic N) is 1. The minimum Gasteiger partial charge on any atom is -0.334 e. The molecule has 6 heteroatoms. The van der Waals surface area contributed by atoms with E-state index in [4.69, 9.17) is 0 Å². The number of hydrogen-bond donors (Lipinski definition) is 3. The van der Waals surface area contributed by atoms with E-state index in [0.29, 0.717) is 13.1 Å². The molecule has 0 unspecified atom stereocenters. The van der Waals surface area contributed by atoms with Crippen LogP contribution >= 0.6 is 0 Å². The molecule has 0 aliphatic heterocycles. The van der Waals surface area contributed by atoms with Crippen LogP contribution < -0.4 is 16.0 Å². The van der Waals surface area contributed by atoms with Gasteiger partial charge in [-0.1, -0.05) is 50.2 Å². The van der Waals surface area contributed by atoms with Crippen LogP contribution in [0.1, 0.15) is 43.4 Å². The number of nitrogens with one attached hydrogen (secondary N) is 3. The first-order valence-corrected chi connectivity index (χ1v) is 10.8. The van der Waals surface area contributed by atoms with E-state index in [9.17, 15) is 9.59 Å². The number of amides is 3. The molecule has 0 atom stereocenters. The zero-order valence-electron chi connectivity index (χ0n) is 17.9. The van der Waals surface area contributed by atoms with Gasteiger partial charge in [0.1, 0.15) is 0 Å². The van der Waals surface area contributed by atoms with Crippen molar-refractivity contribution >= 4 is 17.6 Å². The third-order valence-electron chi connectivity index (χ3n) is 5.37. The van der Waals surface area contributed by atoms with E-state index in [1.807, 2.05) is 24.3 Å². The summed E-state index contributed by atoms with van der Waals surface area (Å²) >= 11 is 0. The van der Waals surface area contributed by atoms with Crippen LogP contribution in [0.15, 0.2) is 48.5 Å². The van der Waals surface area contributed by atoms with Gasteiger partial charge >= 0.3 is 6.03 Å². The highest BCUT2D eigenvalue weighted by Gasteiger charge is 2.29. The van der Waals surface area contributed by atoms with Crippen LogP contribution in [0.2, 0.25) is 0 Å². The lowest BCUT2D eigenvalue weighted by Gasteiger charge is -2.18. The van der Waals surface area contributed by atoms with E-state index in [2.05, 4.69) is 59.0 Å². The third-order valence-corrected chi connectivity index (χ3v) is 5.37. The Hall–Kier alpha value is -2.86. The van der Waals surface area contributed by atoms with Crippen molar-refractivity contribution in [3.8, 4) is 0 Å². The molecule has 3 amide bonds. The third kappa shape index (κ3) is 6.88. The van der Waals surface area contributed by atoms with Crippen molar-refractivity contribution in [3.63, 3.8) is 0 Å². The van der Waals surface area contributed by atoms with Crippen molar-refractivity contribution in [2.75, 3.05) is 18.4 Å². The molecule has 1 saturated carbocycles. The first kappa shape index (κ1) is 21.8. The highest BCUT2D eigenvalue weighted by atomic mass is 16.2. The number of rotatable bonds is 10. The predicted octanol–water partition coefficient (Wildman–Crippen LogP) is 3.88. The van der Waals surface area contributed by atoms with Crippen molar-refractivity contribution in [1.29, 1.82) is 0 Å². The number of hydrogen-bond acceptors (Lipinski definition) is 3. The Bertz CT molecular complexity index is 843. The molecule has 2 aromatic carbocycles. The molecule has 0 radical (unpaired) electrons. The maximum Gasteiger partial charge on any atom is 0.315 e. The minimum atomic E-state index is -0.213. The fourth-order valence-corrected chi connectivity index (χ4v) is 3.24. The van der Waals surface area contributed by atoms with Crippen LogP contribution in [-0.4, -0.2) is 29.9 Å². The van der Waals surface area contributed by atoms with Gasteiger partial charge in [0.25, 0.3) is 0 Å². The van der Waals surface area contributed by atoms with Crippen LogP contribution in [0.3, 0.4) is 0 Å². The molecule has 0 spiro atoms. The van der Waals surface area contributed by atoms with Crippen molar-refractivity contribution in [2.24, 2.45) is 5.92 Å². The standard InChI is InChI=1S/C24H32N4O2/c1-3-28(4-2)17-19-10-8-18(9-11-19)15-25-24(30)26-16-20-6-5-7-22(14-20)27-23(29)21-12-13-21/h5-11,14,21H,3-4,12-13,15-17H2,1-2H3,(H,27,29)(H2,25,26,30). The molecule has 2 aromatic rings. The lowest BCUT2D eigenvalue weighted by molar-refractivity contribution is -0.117. The zero-order chi connectivity index (χ0) is 21.3. The molecule has 6 nitrogen and oxygen atoms in total. The maximum absolute atomic E-state index is 12.1. The molecular formula is C24H32N4O2. The summed E-state index contributed by atoms with van der Waals surface area (Å²) in [6, 6.07) is 15.7. The first-order chi connectivity index (χ1) is 14.6. The second-order valence-electron chi connectivity index (χ2n) is 7.78. The van der Waals surface area contributed by atoms with Gasteiger partial charge in [-0.2, -0.15) is 0 Å². The van der Waals surface area contributed by atoms with E-state index >= 15 is 0 Å². The smallest absolute Gasteiger partial charge is 0.315 e. The van der Waals surface area contributed by atoms with Crippen LogP contribution in [0.25, 0.3) is 0 Å². The maximum atomic E-state index is 12.1. The average Bonchev–Trinajstić information content (AvgIpc) is 3.61. The molecular weight excluding hydrogens is 376 g/mol. The topological polar surface area (TPSA) is 73.5 Å². The summed E-state index contributed by atoms with van der Waals surface area (Å²) in [7, 11) is 0. The molecule has 0 bridgehead atoms. The molecule has 0 heterocycles. The van der Waals surface area contributed by atoms with Crippen LogP contribution in [-0.2, 0) is 24.4 Å². The van der Waals surface area contributed by atoms with Gasteiger partial charge in [0.15, 0.2) is 0 Å². The summed E-state index contributed by atoms with van der Waals surface area (Å²) in [4.78, 5) is 26.4. The number of urea groups is 1. The summed E-state index contributed by atoms with van der Waals surface area (Å²) in [5.74, 6) is 0.254. The molecule has 3 N–H and O–H groups in total. The van der Waals surface area contributed by atoms with E-state index in [1.54, 1.807) is 0 Å². The monoisotopic (exact) mass is 408 g/mol. The molecule has 0 aromatic heterocycles. The Kier molecular flexibility index (Phi) is 7.85. The molecule has 1 aliphatic carbocycles. The van der Waals surface area contributed by atoms with E-state index in [0.717, 1.165) is 49.3 Å². The molecule has 1 fully saturated rings. The summed E-state index contributed by atoms with van der Waals surface area (Å²) in [6.07, 6.45) is 1.96. The van der Waals surface area contributed by atoms with Gasteiger partial charge in [0.05, 0.1) is 0 Å². The lowest BCUT2D eigenvalue weighted by Crippen LogP contribution is -2.34. The Labute approximate surface area is 179 Å². The quantitative estimate of drug-likeness (QED) is 0.559. The Morgan fingerprint density at radius 1 is 0.900 bits per heavy atom. The molecule has 3 rings (SSSR count). The average molecular weight is 409 g/mol. The van der Waals surface area contributed by atoms with Gasteiger partial charge in [-0.25, -0.2) is 4.79 Å². The van der Waals surface area contributed by atoms with E-state index in [-0.39, 0.29) is 17.9 Å². The van der Waals surface area contributed by atoms with Gasteiger partial charge < -0.3 is 16.0 Å². The van der Waals surface area contributed by atoms with Crippen molar-refractivity contribution in [3.05, 3.63) is 65.2 Å². The second-order valence-corrected chi connectivity index (χ2v) is 7.78. The van der Waals surface area contributed by atoms with Crippen LogP contribution in [0.4, 0.5) is 10.5 Å². The fraction of sp³-hybridized carbons (Fsp3) is 0.417. The van der Waals surface area contributed by atoms with Gasteiger partial charge in [0.2, 0.25) is 5.91 Å². The zero-order valence-corrected chi connectivity index (χ0v) is 17.9. The van der Waals surface area contributed by atoms with Crippen LogP contribution in [0.5, 0.6) is 0 Å². The lowest BCUT2D eigenvalue weighted by atomic mass is 10.1. The Balaban J connectivity index is 1.41. The number of benzene rings is 2. The van der Waals surface area contributed by atoms with Crippen molar-refractivity contribution in [2.45, 2.75) is 46.3 Å². The normalized spacial score (nSPS) is 13.2. The second kappa shape index (κ2) is 10.8. The van der Waals surface area contributed by atoms with Crippen LogP contribution in [0, 0.1) is 5.92 Å². The first-order valence-electron chi connectivity index (χ1n) is 10.8. The molecule has 30 heavy (non-hydrogen) atoms. The SMILES string of the molecule is CCN(CC)Cc1ccc(CNC(=O)NCc2cccc(NC(=O)C3CC3)c2)cc1. The largest absolute Gasteiger partial charge is 0.334 e. The number of carbonyl (C=O) groups excluding carboxylic acids is 2. The minimum absolute atomic E-state index is 0.0842.